The Morgan fingerprint density at radius 3 is 2.74 bits per heavy atom. The zero-order chi connectivity index (χ0) is 15.8. The van der Waals surface area contributed by atoms with Crippen molar-refractivity contribution in [1.82, 2.24) is 20.4 Å². The molecule has 0 amide bonds. The first-order valence-electron chi connectivity index (χ1n) is 8.00. The van der Waals surface area contributed by atoms with Crippen molar-refractivity contribution in [3.8, 4) is 17.2 Å². The minimum atomic E-state index is 0.526. The van der Waals surface area contributed by atoms with Crippen LogP contribution in [0.3, 0.4) is 0 Å². The minimum Gasteiger partial charge on any atom is -0.493 e. The largest absolute Gasteiger partial charge is 0.493 e. The molecule has 2 aliphatic rings. The van der Waals surface area contributed by atoms with Crippen molar-refractivity contribution in [2.24, 2.45) is 0 Å². The third-order valence-corrected chi connectivity index (χ3v) is 4.63. The molecule has 1 fully saturated rings. The predicted molar refractivity (Wildman–Crippen MR) is 86.0 cm³/mol. The summed E-state index contributed by atoms with van der Waals surface area (Å²) >= 11 is 0. The van der Waals surface area contributed by atoms with Crippen molar-refractivity contribution in [1.29, 1.82) is 0 Å². The minimum absolute atomic E-state index is 0.526. The lowest BCUT2D eigenvalue weighted by Gasteiger charge is -2.34. The van der Waals surface area contributed by atoms with Crippen molar-refractivity contribution in [2.45, 2.75) is 38.3 Å². The second-order valence-corrected chi connectivity index (χ2v) is 6.00. The van der Waals surface area contributed by atoms with Crippen LogP contribution < -0.4 is 19.9 Å². The van der Waals surface area contributed by atoms with Gasteiger partial charge in [0.15, 0.2) is 11.5 Å². The van der Waals surface area contributed by atoms with Crippen LogP contribution in [0, 0.1) is 0 Å². The maximum absolute atomic E-state index is 5.61. The Morgan fingerprint density at radius 2 is 2.00 bits per heavy atom. The summed E-state index contributed by atoms with van der Waals surface area (Å²) in [6.45, 7) is 0.728. The number of methoxy groups -OCH3 is 2. The van der Waals surface area contributed by atoms with Gasteiger partial charge in [-0.1, -0.05) is 18.1 Å². The zero-order valence-electron chi connectivity index (χ0n) is 13.5. The van der Waals surface area contributed by atoms with E-state index >= 15 is 0 Å². The van der Waals surface area contributed by atoms with Crippen LogP contribution in [0.15, 0.2) is 18.3 Å². The molecule has 7 nitrogen and oxygen atoms in total. The molecule has 0 spiro atoms. The van der Waals surface area contributed by atoms with Gasteiger partial charge in [-0.05, 0) is 25.0 Å². The van der Waals surface area contributed by atoms with Gasteiger partial charge in [-0.3, -0.25) is 5.01 Å². The van der Waals surface area contributed by atoms with E-state index in [1.165, 1.54) is 25.7 Å². The predicted octanol–water partition coefficient (Wildman–Crippen LogP) is 2.05. The summed E-state index contributed by atoms with van der Waals surface area (Å²) in [6.07, 6.45) is 6.83. The number of nitrogens with zero attached hydrogens (tertiary/aromatic N) is 4. The number of fused-ring (bicyclic) bond motifs is 3. The standard InChI is InChI=1S/C16H21N5O2/c1-22-14-8-7-13-15(16(14)23-2)21-12(9-17-19-21)10-20(13)18-11-5-3-4-6-11/h7-9,11,18H,3-6,10H2,1-2H3. The fraction of sp³-hybridized carbons (Fsp3) is 0.500. The van der Waals surface area contributed by atoms with Crippen LogP contribution in [0.5, 0.6) is 11.5 Å². The van der Waals surface area contributed by atoms with Crippen molar-refractivity contribution in [3.63, 3.8) is 0 Å². The maximum atomic E-state index is 5.61. The van der Waals surface area contributed by atoms with Crippen LogP contribution in [-0.2, 0) is 6.54 Å². The Hall–Kier alpha value is -2.28. The molecule has 0 unspecified atom stereocenters. The quantitative estimate of drug-likeness (QED) is 0.931. The van der Waals surface area contributed by atoms with Gasteiger partial charge in [-0.15, -0.1) is 5.10 Å². The monoisotopic (exact) mass is 315 g/mol. The van der Waals surface area contributed by atoms with Gasteiger partial charge < -0.3 is 9.47 Å². The molecule has 23 heavy (non-hydrogen) atoms. The van der Waals surface area contributed by atoms with E-state index in [1.54, 1.807) is 20.4 Å². The van der Waals surface area contributed by atoms with E-state index in [0.717, 1.165) is 23.6 Å². The molecule has 1 N–H and O–H groups in total. The average Bonchev–Trinajstić information content (AvgIpc) is 3.25. The van der Waals surface area contributed by atoms with Crippen molar-refractivity contribution in [3.05, 3.63) is 24.0 Å². The first-order valence-corrected chi connectivity index (χ1v) is 8.00. The fourth-order valence-corrected chi connectivity index (χ4v) is 3.51. The van der Waals surface area contributed by atoms with Crippen LogP contribution in [0.1, 0.15) is 31.4 Å². The Morgan fingerprint density at radius 1 is 1.17 bits per heavy atom. The van der Waals surface area contributed by atoms with Gasteiger partial charge in [-0.25, -0.2) is 10.1 Å². The number of benzene rings is 1. The molecule has 122 valence electrons. The van der Waals surface area contributed by atoms with E-state index in [9.17, 15) is 0 Å². The normalized spacial score (nSPS) is 17.0. The molecular formula is C16H21N5O2. The van der Waals surface area contributed by atoms with Crippen molar-refractivity contribution >= 4 is 5.69 Å². The lowest BCUT2D eigenvalue weighted by molar-refractivity contribution is 0.351. The van der Waals surface area contributed by atoms with E-state index in [1.807, 2.05) is 16.8 Å². The molecule has 1 aromatic carbocycles. The number of nitrogens with one attached hydrogen (secondary N) is 1. The number of aromatic nitrogens is 3. The molecule has 1 aliphatic carbocycles. The summed E-state index contributed by atoms with van der Waals surface area (Å²) in [5.74, 6) is 1.37. The van der Waals surface area contributed by atoms with Crippen LogP contribution in [0.2, 0.25) is 0 Å². The Bertz CT molecular complexity index is 708. The van der Waals surface area contributed by atoms with E-state index < -0.39 is 0 Å². The zero-order valence-corrected chi connectivity index (χ0v) is 13.5. The highest BCUT2D eigenvalue weighted by Gasteiger charge is 2.30. The highest BCUT2D eigenvalue weighted by atomic mass is 16.5. The smallest absolute Gasteiger partial charge is 0.188 e. The summed E-state index contributed by atoms with van der Waals surface area (Å²) in [7, 11) is 3.29. The van der Waals surface area contributed by atoms with Gasteiger partial charge >= 0.3 is 0 Å². The van der Waals surface area contributed by atoms with E-state index in [4.69, 9.17) is 9.47 Å². The molecule has 2 heterocycles. The van der Waals surface area contributed by atoms with Crippen LogP contribution in [0.25, 0.3) is 5.69 Å². The van der Waals surface area contributed by atoms with Crippen LogP contribution in [-0.4, -0.2) is 35.3 Å². The highest BCUT2D eigenvalue weighted by molar-refractivity contribution is 5.74. The SMILES string of the molecule is COc1ccc2c(c1OC)-n1nncc1CN2NC1CCCC1. The molecule has 4 rings (SSSR count). The molecule has 1 aliphatic heterocycles. The van der Waals surface area contributed by atoms with Gasteiger partial charge in [-0.2, -0.15) is 0 Å². The highest BCUT2D eigenvalue weighted by Crippen LogP contribution is 2.43. The topological polar surface area (TPSA) is 64.4 Å². The van der Waals surface area contributed by atoms with Gasteiger partial charge in [0, 0.05) is 6.04 Å². The third-order valence-electron chi connectivity index (χ3n) is 4.63. The van der Waals surface area contributed by atoms with Gasteiger partial charge in [0.1, 0.15) is 5.69 Å². The second kappa shape index (κ2) is 5.73. The lowest BCUT2D eigenvalue weighted by Crippen LogP contribution is -2.46. The number of ether oxygens (including phenoxy) is 2. The molecule has 1 aromatic heterocycles. The summed E-state index contributed by atoms with van der Waals surface area (Å²) in [6, 6.07) is 4.50. The van der Waals surface area contributed by atoms with E-state index in [0.29, 0.717) is 17.5 Å². The second-order valence-electron chi connectivity index (χ2n) is 6.00. The molecule has 0 atom stereocenters. The lowest BCUT2D eigenvalue weighted by atomic mass is 10.1. The summed E-state index contributed by atoms with van der Waals surface area (Å²) in [5.41, 5.74) is 6.59. The van der Waals surface area contributed by atoms with E-state index in [2.05, 4.69) is 20.7 Å². The van der Waals surface area contributed by atoms with Gasteiger partial charge in [0.05, 0.1) is 38.3 Å². The number of hydrazine groups is 1. The molecule has 0 bridgehead atoms. The maximum Gasteiger partial charge on any atom is 0.188 e. The molecule has 2 aromatic rings. The van der Waals surface area contributed by atoms with Crippen LogP contribution >= 0.6 is 0 Å². The molecule has 7 heteroatoms. The molecule has 0 radical (unpaired) electrons. The van der Waals surface area contributed by atoms with Gasteiger partial charge in [0.25, 0.3) is 0 Å². The average molecular weight is 315 g/mol. The van der Waals surface area contributed by atoms with Crippen molar-refractivity contribution in [2.75, 3.05) is 19.2 Å². The van der Waals surface area contributed by atoms with E-state index in [-0.39, 0.29) is 0 Å². The van der Waals surface area contributed by atoms with Gasteiger partial charge in [0.2, 0.25) is 0 Å². The third kappa shape index (κ3) is 2.31. The molecule has 0 saturated heterocycles. The summed E-state index contributed by atoms with van der Waals surface area (Å²) in [4.78, 5) is 0. The molecular weight excluding hydrogens is 294 g/mol. The van der Waals surface area contributed by atoms with Crippen molar-refractivity contribution < 1.29 is 9.47 Å². The Balaban J connectivity index is 1.80. The Labute approximate surface area is 135 Å². The summed E-state index contributed by atoms with van der Waals surface area (Å²) < 4.78 is 12.9. The number of anilines is 1. The number of hydrogen-bond acceptors (Lipinski definition) is 6. The number of rotatable bonds is 4. The Kier molecular flexibility index (Phi) is 3.57. The first-order chi connectivity index (χ1) is 11.3. The van der Waals surface area contributed by atoms with Crippen LogP contribution in [0.4, 0.5) is 5.69 Å². The first kappa shape index (κ1) is 14.3. The number of hydrogen-bond donors (Lipinski definition) is 1. The molecule has 1 saturated carbocycles. The summed E-state index contributed by atoms with van der Waals surface area (Å²) in [5, 5.41) is 10.5. The fourth-order valence-electron chi connectivity index (χ4n) is 3.51.